The predicted octanol–water partition coefficient (Wildman–Crippen LogP) is 3.26. The molecule has 0 spiro atoms. The third-order valence-corrected chi connectivity index (χ3v) is 3.15. The van der Waals surface area contributed by atoms with Gasteiger partial charge < -0.3 is 14.5 Å². The lowest BCUT2D eigenvalue weighted by atomic mass is 10.1. The first-order valence-corrected chi connectivity index (χ1v) is 6.49. The Kier molecular flexibility index (Phi) is 4.79. The zero-order chi connectivity index (χ0) is 12.8. The van der Waals surface area contributed by atoms with Crippen LogP contribution < -0.4 is 5.32 Å². The summed E-state index contributed by atoms with van der Waals surface area (Å²) < 4.78 is 10.8. The summed E-state index contributed by atoms with van der Waals surface area (Å²) in [6.45, 7) is 4.76. The average Bonchev–Trinajstić information content (AvgIpc) is 2.70. The Hall–Kier alpha value is -1.32. The van der Waals surface area contributed by atoms with E-state index in [9.17, 15) is 0 Å². The lowest BCUT2D eigenvalue weighted by molar-refractivity contribution is 0.192. The van der Waals surface area contributed by atoms with Gasteiger partial charge in [-0.2, -0.15) is 0 Å². The molecule has 1 aromatic heterocycles. The first-order valence-electron chi connectivity index (χ1n) is 6.49. The number of methoxy groups -OCH3 is 1. The van der Waals surface area contributed by atoms with Gasteiger partial charge in [-0.05, 0) is 32.4 Å². The van der Waals surface area contributed by atoms with E-state index in [4.69, 9.17) is 9.15 Å². The minimum atomic E-state index is 0.843. The Morgan fingerprint density at radius 1 is 1.22 bits per heavy atom. The van der Waals surface area contributed by atoms with Gasteiger partial charge in [-0.3, -0.25) is 0 Å². The maximum atomic E-state index is 5.73. The number of para-hydroxylation sites is 1. The normalized spacial score (nSPS) is 11.2. The van der Waals surface area contributed by atoms with Crippen LogP contribution in [0.2, 0.25) is 0 Å². The van der Waals surface area contributed by atoms with Gasteiger partial charge in [0.2, 0.25) is 0 Å². The molecule has 0 saturated heterocycles. The first-order chi connectivity index (χ1) is 8.83. The predicted molar refractivity (Wildman–Crippen MR) is 73.8 cm³/mol. The van der Waals surface area contributed by atoms with Gasteiger partial charge in [0.1, 0.15) is 11.3 Å². The second-order valence-electron chi connectivity index (χ2n) is 4.51. The SMILES string of the molecule is COCCCCNCc1c(C)oc2ccccc12. The smallest absolute Gasteiger partial charge is 0.134 e. The summed E-state index contributed by atoms with van der Waals surface area (Å²) in [4.78, 5) is 0. The van der Waals surface area contributed by atoms with E-state index in [0.717, 1.165) is 43.9 Å². The number of nitrogens with one attached hydrogen (secondary N) is 1. The number of hydrogen-bond donors (Lipinski definition) is 1. The van der Waals surface area contributed by atoms with Gasteiger partial charge in [-0.15, -0.1) is 0 Å². The molecule has 0 aliphatic heterocycles. The van der Waals surface area contributed by atoms with Crippen LogP contribution in [-0.2, 0) is 11.3 Å². The quantitative estimate of drug-likeness (QED) is 0.763. The highest BCUT2D eigenvalue weighted by Gasteiger charge is 2.09. The van der Waals surface area contributed by atoms with E-state index in [1.165, 1.54) is 10.9 Å². The fourth-order valence-electron chi connectivity index (χ4n) is 2.15. The molecule has 0 atom stereocenters. The van der Waals surface area contributed by atoms with Crippen LogP contribution in [0.15, 0.2) is 28.7 Å². The highest BCUT2D eigenvalue weighted by molar-refractivity contribution is 5.82. The Labute approximate surface area is 108 Å². The van der Waals surface area contributed by atoms with Crippen molar-refractivity contribution in [2.75, 3.05) is 20.3 Å². The van der Waals surface area contributed by atoms with Gasteiger partial charge >= 0.3 is 0 Å². The lowest BCUT2D eigenvalue weighted by Gasteiger charge is -2.04. The van der Waals surface area contributed by atoms with Crippen molar-refractivity contribution in [3.63, 3.8) is 0 Å². The van der Waals surface area contributed by atoms with Crippen molar-refractivity contribution in [2.45, 2.75) is 26.3 Å². The topological polar surface area (TPSA) is 34.4 Å². The monoisotopic (exact) mass is 247 g/mol. The van der Waals surface area contributed by atoms with Gasteiger partial charge in [0.25, 0.3) is 0 Å². The molecule has 0 saturated carbocycles. The van der Waals surface area contributed by atoms with Crippen LogP contribution in [0.4, 0.5) is 0 Å². The molecule has 3 nitrogen and oxygen atoms in total. The summed E-state index contributed by atoms with van der Waals surface area (Å²) in [6.07, 6.45) is 2.25. The van der Waals surface area contributed by atoms with E-state index < -0.39 is 0 Å². The minimum absolute atomic E-state index is 0.843. The fourth-order valence-corrected chi connectivity index (χ4v) is 2.15. The molecule has 18 heavy (non-hydrogen) atoms. The molecule has 0 radical (unpaired) electrons. The summed E-state index contributed by atoms with van der Waals surface area (Å²) in [5.74, 6) is 1.01. The van der Waals surface area contributed by atoms with Gasteiger partial charge in [0.05, 0.1) is 0 Å². The fraction of sp³-hybridized carbons (Fsp3) is 0.467. The van der Waals surface area contributed by atoms with Crippen molar-refractivity contribution < 1.29 is 9.15 Å². The summed E-state index contributed by atoms with van der Waals surface area (Å²) in [5, 5.41) is 4.69. The van der Waals surface area contributed by atoms with Gasteiger partial charge in [-0.25, -0.2) is 0 Å². The van der Waals surface area contributed by atoms with Crippen molar-refractivity contribution >= 4 is 11.0 Å². The van der Waals surface area contributed by atoms with Crippen molar-refractivity contribution in [2.24, 2.45) is 0 Å². The molecule has 98 valence electrons. The number of fused-ring (bicyclic) bond motifs is 1. The third-order valence-electron chi connectivity index (χ3n) is 3.15. The maximum Gasteiger partial charge on any atom is 0.134 e. The van der Waals surface area contributed by atoms with Crippen molar-refractivity contribution in [3.05, 3.63) is 35.6 Å². The molecular formula is C15H21NO2. The molecule has 3 heteroatoms. The maximum absolute atomic E-state index is 5.73. The molecule has 0 fully saturated rings. The number of hydrogen-bond acceptors (Lipinski definition) is 3. The Morgan fingerprint density at radius 3 is 2.89 bits per heavy atom. The summed E-state index contributed by atoms with van der Waals surface area (Å²) in [7, 11) is 1.74. The average molecular weight is 247 g/mol. The van der Waals surface area contributed by atoms with Crippen molar-refractivity contribution in [1.82, 2.24) is 5.32 Å². The number of furan rings is 1. The summed E-state index contributed by atoms with van der Waals surface area (Å²) >= 11 is 0. The van der Waals surface area contributed by atoms with Crippen LogP contribution in [0.1, 0.15) is 24.2 Å². The molecule has 0 aliphatic carbocycles. The van der Waals surface area contributed by atoms with E-state index in [0.29, 0.717) is 0 Å². The number of benzene rings is 1. The molecule has 1 N–H and O–H groups in total. The largest absolute Gasteiger partial charge is 0.461 e. The van der Waals surface area contributed by atoms with Crippen molar-refractivity contribution in [3.8, 4) is 0 Å². The molecule has 0 amide bonds. The number of unbranched alkanes of at least 4 members (excludes halogenated alkanes) is 1. The number of ether oxygens (including phenoxy) is 1. The van der Waals surface area contributed by atoms with Crippen molar-refractivity contribution in [1.29, 1.82) is 0 Å². The second-order valence-corrected chi connectivity index (χ2v) is 4.51. The highest BCUT2D eigenvalue weighted by atomic mass is 16.5. The third kappa shape index (κ3) is 3.12. The van der Waals surface area contributed by atoms with Crippen LogP contribution in [0, 0.1) is 6.92 Å². The van der Waals surface area contributed by atoms with E-state index in [2.05, 4.69) is 17.4 Å². The summed E-state index contributed by atoms with van der Waals surface area (Å²) in [6, 6.07) is 8.20. The van der Waals surface area contributed by atoms with Crippen LogP contribution in [0.5, 0.6) is 0 Å². The highest BCUT2D eigenvalue weighted by Crippen LogP contribution is 2.24. The standard InChI is InChI=1S/C15H21NO2/c1-12-14(11-16-9-5-6-10-17-2)13-7-3-4-8-15(13)18-12/h3-4,7-8,16H,5-6,9-11H2,1-2H3. The molecule has 0 bridgehead atoms. The molecule has 2 aromatic rings. The molecule has 0 unspecified atom stereocenters. The Morgan fingerprint density at radius 2 is 2.06 bits per heavy atom. The van der Waals surface area contributed by atoms with E-state index >= 15 is 0 Å². The van der Waals surface area contributed by atoms with Gasteiger partial charge in [0.15, 0.2) is 0 Å². The van der Waals surface area contributed by atoms with Crippen LogP contribution >= 0.6 is 0 Å². The molecule has 0 aliphatic rings. The van der Waals surface area contributed by atoms with E-state index in [-0.39, 0.29) is 0 Å². The van der Waals surface area contributed by atoms with Gasteiger partial charge in [0, 0.05) is 31.2 Å². The van der Waals surface area contributed by atoms with Crippen LogP contribution in [0.25, 0.3) is 11.0 Å². The first kappa shape index (κ1) is 13.1. The minimum Gasteiger partial charge on any atom is -0.461 e. The zero-order valence-electron chi connectivity index (χ0n) is 11.2. The second kappa shape index (κ2) is 6.57. The molecule has 1 heterocycles. The van der Waals surface area contributed by atoms with Crippen LogP contribution in [0.3, 0.4) is 0 Å². The zero-order valence-corrected chi connectivity index (χ0v) is 11.2. The Bertz CT molecular complexity index is 490. The lowest BCUT2D eigenvalue weighted by Crippen LogP contribution is -2.15. The van der Waals surface area contributed by atoms with E-state index in [1.54, 1.807) is 7.11 Å². The Balaban J connectivity index is 1.89. The van der Waals surface area contributed by atoms with Gasteiger partial charge in [-0.1, -0.05) is 18.2 Å². The summed E-state index contributed by atoms with van der Waals surface area (Å²) in [5.41, 5.74) is 2.25. The molecular weight excluding hydrogens is 226 g/mol. The number of rotatable bonds is 7. The van der Waals surface area contributed by atoms with E-state index in [1.807, 2.05) is 19.1 Å². The molecule has 1 aromatic carbocycles. The molecule has 2 rings (SSSR count). The number of aryl methyl sites for hydroxylation is 1. The van der Waals surface area contributed by atoms with Crippen LogP contribution in [-0.4, -0.2) is 20.3 Å².